The van der Waals surface area contributed by atoms with Gasteiger partial charge in [0.25, 0.3) is 0 Å². The van der Waals surface area contributed by atoms with Crippen molar-refractivity contribution >= 4 is 29.2 Å². The lowest BCUT2D eigenvalue weighted by Crippen LogP contribution is -2.29. The van der Waals surface area contributed by atoms with Gasteiger partial charge in [-0.05, 0) is 290 Å². The molecule has 1 spiro atoms. The van der Waals surface area contributed by atoms with E-state index in [0.29, 0.717) is 29.7 Å². The number of benzene rings is 16. The van der Waals surface area contributed by atoms with Crippen LogP contribution < -0.4 is 14.4 Å². The summed E-state index contributed by atoms with van der Waals surface area (Å²) in [5.74, 6) is 2.22. The quantitative estimate of drug-likeness (QED) is 0.0855. The van der Waals surface area contributed by atoms with Gasteiger partial charge in [0.05, 0.1) is 16.2 Å². The summed E-state index contributed by atoms with van der Waals surface area (Å²) < 4.78 is 46.7. The second-order valence-corrected chi connectivity index (χ2v) is 35.4. The maximum atomic E-state index is 16.9. The molecule has 0 aromatic heterocycles. The predicted octanol–water partition coefficient (Wildman–Crippen LogP) is 30.4. The van der Waals surface area contributed by atoms with E-state index in [1.165, 1.54) is 77.9 Å². The fraction of sp³-hybridized carbons (Fsp3) is 0.138. The molecule has 5 heteroatoms. The molecule has 16 aromatic rings. The van der Waals surface area contributed by atoms with Crippen LogP contribution in [0.15, 0.2) is 365 Å². The van der Waals surface area contributed by atoms with Crippen LogP contribution in [0.25, 0.3) is 56.7 Å². The standard InChI is InChI=1S/C116H93F2NO2/c1-11-75-31-54-89(55-32-75)120-91-58-47-84(48-59-91)114(82-43-39-80(40-44-82)112(5,6)7)102-25-17-13-21-94(102)99-64-38-78(68-107(99)114)93(79-37-29-73(3)110(117)69-79)62-35-77-36-63-98-96-23-15-19-27-104(96)116(106(98)67-77)105-28-20-16-24-97(105)101-66-53-87(71-109(101)116)119(88-51-30-74(4)111(118)72-88)86-52-65-100-95-22-14-18-26-103(95)115(108(100)70-86,83-45-41-81(42-46-83)113(8,9)10)85-49-60-92(61-50-85)121-90-56-33-76(12-2)34-57-90/h11-34,36-61,63-72,93H,1-2,35,62H2,3-10H3. The zero-order chi connectivity index (χ0) is 82.8. The topological polar surface area (TPSA) is 21.7 Å². The number of hydrogen-bond donors (Lipinski definition) is 0. The van der Waals surface area contributed by atoms with Crippen molar-refractivity contribution < 1.29 is 18.3 Å². The molecule has 121 heavy (non-hydrogen) atoms. The monoisotopic (exact) mass is 1570 g/mol. The van der Waals surface area contributed by atoms with Crippen LogP contribution in [0, 0.1) is 25.5 Å². The summed E-state index contributed by atoms with van der Waals surface area (Å²) in [6, 6.07) is 127. The second-order valence-electron chi connectivity index (χ2n) is 35.4. The van der Waals surface area contributed by atoms with E-state index in [9.17, 15) is 0 Å². The van der Waals surface area contributed by atoms with Crippen molar-refractivity contribution in [3.8, 4) is 67.5 Å². The van der Waals surface area contributed by atoms with Crippen molar-refractivity contribution in [2.24, 2.45) is 0 Å². The van der Waals surface area contributed by atoms with Gasteiger partial charge < -0.3 is 14.4 Å². The highest BCUT2D eigenvalue weighted by Crippen LogP contribution is 2.65. The summed E-state index contributed by atoms with van der Waals surface area (Å²) in [6.45, 7) is 25.2. The van der Waals surface area contributed by atoms with E-state index in [0.717, 1.165) is 107 Å². The van der Waals surface area contributed by atoms with Gasteiger partial charge in [-0.25, -0.2) is 8.78 Å². The summed E-state index contributed by atoms with van der Waals surface area (Å²) in [5, 5.41) is 0. The number of rotatable bonds is 18. The highest BCUT2D eigenvalue weighted by Gasteiger charge is 2.53. The fourth-order valence-electron chi connectivity index (χ4n) is 20.4. The van der Waals surface area contributed by atoms with Gasteiger partial charge in [-0.15, -0.1) is 0 Å². The van der Waals surface area contributed by atoms with Crippen molar-refractivity contribution in [2.45, 2.75) is 101 Å². The number of halogens is 2. The third kappa shape index (κ3) is 12.4. The average Bonchev–Trinajstić information content (AvgIpc) is 1.51. The molecule has 4 aliphatic rings. The first kappa shape index (κ1) is 76.0. The van der Waals surface area contributed by atoms with E-state index in [4.69, 9.17) is 9.47 Å². The van der Waals surface area contributed by atoms with Gasteiger partial charge in [0.1, 0.15) is 34.6 Å². The van der Waals surface area contributed by atoms with Gasteiger partial charge >= 0.3 is 0 Å². The van der Waals surface area contributed by atoms with E-state index in [-0.39, 0.29) is 28.4 Å². The molecule has 0 aliphatic heterocycles. The summed E-state index contributed by atoms with van der Waals surface area (Å²) >= 11 is 0. The zero-order valence-electron chi connectivity index (χ0n) is 69.6. The molecule has 0 saturated heterocycles. The number of nitrogens with zero attached hydrogens (tertiary/aromatic N) is 1. The van der Waals surface area contributed by atoms with Gasteiger partial charge in [0.2, 0.25) is 0 Å². The molecule has 4 unspecified atom stereocenters. The van der Waals surface area contributed by atoms with Gasteiger partial charge in [0, 0.05) is 23.0 Å². The van der Waals surface area contributed by atoms with E-state index in [1.54, 1.807) is 12.1 Å². The molecular formula is C116H93F2NO2. The lowest BCUT2D eigenvalue weighted by Gasteiger charge is -2.36. The molecule has 20 rings (SSSR count). The van der Waals surface area contributed by atoms with Crippen LogP contribution in [0.3, 0.4) is 0 Å². The number of fused-ring (bicyclic) bond motifs is 16. The van der Waals surface area contributed by atoms with Crippen LogP contribution in [0.5, 0.6) is 23.0 Å². The van der Waals surface area contributed by atoms with E-state index in [1.807, 2.05) is 86.7 Å². The number of aryl methyl sites for hydroxylation is 3. The first-order chi connectivity index (χ1) is 58.7. The van der Waals surface area contributed by atoms with Crippen LogP contribution in [0.1, 0.15) is 171 Å². The molecule has 0 amide bonds. The lowest BCUT2D eigenvalue weighted by molar-refractivity contribution is 0.482. The smallest absolute Gasteiger partial charge is 0.128 e. The third-order valence-electron chi connectivity index (χ3n) is 26.5. The SMILES string of the molecule is C=Cc1ccc(Oc2ccc(C3(c4ccc(C(C)(C)C)cc4)c4ccccc4-c4ccc(C(CCc5ccc6c(c5)C5(c7ccccc7-6)c6ccccc6-c6ccc(N(c7ccc(C)c(F)c7)c7ccc8c(c7)C(c7ccc(Oc9ccc(C=C)cc9)cc7)(c7ccc(C(C)(C)C)cc7)c7ccccc7-8)cc65)c5ccc(C)c(F)c5)cc43)cc2)cc1. The Labute approximate surface area is 710 Å². The normalized spacial score (nSPS) is 16.4. The Hall–Kier alpha value is -13.7. The van der Waals surface area contributed by atoms with E-state index >= 15 is 8.78 Å². The molecule has 588 valence electrons. The second kappa shape index (κ2) is 29.4. The van der Waals surface area contributed by atoms with Crippen molar-refractivity contribution in [3.63, 3.8) is 0 Å². The minimum absolute atomic E-state index is 0.0702. The number of hydrogen-bond acceptors (Lipinski definition) is 3. The van der Waals surface area contributed by atoms with Crippen LogP contribution in [0.4, 0.5) is 25.8 Å². The van der Waals surface area contributed by atoms with E-state index in [2.05, 4.69) is 339 Å². The van der Waals surface area contributed by atoms with Crippen molar-refractivity contribution in [1.82, 2.24) is 0 Å². The summed E-state index contributed by atoms with van der Waals surface area (Å²) in [7, 11) is 0. The minimum Gasteiger partial charge on any atom is -0.457 e. The Morgan fingerprint density at radius 3 is 1.04 bits per heavy atom. The molecular weight excluding hydrogens is 1480 g/mol. The first-order valence-electron chi connectivity index (χ1n) is 42.3. The average molecular weight is 1570 g/mol. The molecule has 0 fully saturated rings. The van der Waals surface area contributed by atoms with Crippen LogP contribution >= 0.6 is 0 Å². The maximum absolute atomic E-state index is 16.9. The van der Waals surface area contributed by atoms with Gasteiger partial charge in [-0.1, -0.05) is 328 Å². The molecule has 3 nitrogen and oxygen atoms in total. The molecule has 4 aliphatic carbocycles. The Balaban J connectivity index is 0.722. The van der Waals surface area contributed by atoms with Crippen LogP contribution in [-0.2, 0) is 33.5 Å². The Kier molecular flexibility index (Phi) is 18.4. The largest absolute Gasteiger partial charge is 0.457 e. The Morgan fingerprint density at radius 1 is 0.314 bits per heavy atom. The van der Waals surface area contributed by atoms with Crippen LogP contribution in [-0.4, -0.2) is 0 Å². The Bertz CT molecular complexity index is 6790. The number of anilines is 3. The third-order valence-corrected chi connectivity index (χ3v) is 26.5. The molecule has 0 N–H and O–H groups in total. The first-order valence-corrected chi connectivity index (χ1v) is 42.3. The summed E-state index contributed by atoms with van der Waals surface area (Å²) in [6.07, 6.45) is 5.04. The van der Waals surface area contributed by atoms with Crippen molar-refractivity contribution in [1.29, 1.82) is 0 Å². The zero-order valence-corrected chi connectivity index (χ0v) is 69.6. The minimum atomic E-state index is -0.814. The number of ether oxygens (including phenoxy) is 2. The molecule has 0 heterocycles. The molecule has 0 radical (unpaired) electrons. The van der Waals surface area contributed by atoms with Crippen molar-refractivity contribution in [2.75, 3.05) is 4.90 Å². The summed E-state index contributed by atoms with van der Waals surface area (Å²) in [5.41, 5.74) is 32.2. The predicted molar refractivity (Wildman–Crippen MR) is 495 cm³/mol. The maximum Gasteiger partial charge on any atom is 0.128 e. The molecule has 16 aromatic carbocycles. The highest BCUT2D eigenvalue weighted by atomic mass is 19.1. The lowest BCUT2D eigenvalue weighted by atomic mass is 9.66. The summed E-state index contributed by atoms with van der Waals surface area (Å²) in [4.78, 5) is 2.28. The van der Waals surface area contributed by atoms with Gasteiger partial charge in [0.15, 0.2) is 0 Å². The molecule has 4 atom stereocenters. The van der Waals surface area contributed by atoms with Gasteiger partial charge in [-0.2, -0.15) is 0 Å². The van der Waals surface area contributed by atoms with Gasteiger partial charge in [-0.3, -0.25) is 0 Å². The van der Waals surface area contributed by atoms with Crippen molar-refractivity contribution in [3.05, 3.63) is 493 Å². The van der Waals surface area contributed by atoms with E-state index < -0.39 is 16.2 Å². The fourth-order valence-corrected chi connectivity index (χ4v) is 20.4. The molecule has 0 bridgehead atoms. The van der Waals surface area contributed by atoms with Crippen LogP contribution in [0.2, 0.25) is 0 Å². The Morgan fingerprint density at radius 2 is 0.628 bits per heavy atom. The molecule has 0 saturated carbocycles. The highest BCUT2D eigenvalue weighted by molar-refractivity contribution is 5.98.